The van der Waals surface area contributed by atoms with E-state index in [0.29, 0.717) is 0 Å². The summed E-state index contributed by atoms with van der Waals surface area (Å²) in [4.78, 5) is 11.4. The summed E-state index contributed by atoms with van der Waals surface area (Å²) >= 11 is 0. The Kier molecular flexibility index (Phi) is 3.99. The highest BCUT2D eigenvalue weighted by molar-refractivity contribution is 5.77. The number of carbonyl (C=O) groups is 1. The van der Waals surface area contributed by atoms with E-state index in [-0.39, 0.29) is 25.0 Å². The van der Waals surface area contributed by atoms with Crippen molar-refractivity contribution in [3.8, 4) is 0 Å². The lowest BCUT2D eigenvalue weighted by Gasteiger charge is -2.29. The number of methoxy groups -OCH3 is 1. The molecule has 1 aromatic carbocycles. The Morgan fingerprint density at radius 3 is 2.67 bits per heavy atom. The van der Waals surface area contributed by atoms with Crippen molar-refractivity contribution in [3.05, 3.63) is 35.9 Å². The third-order valence-electron chi connectivity index (χ3n) is 3.36. The molecule has 1 aromatic rings. The molecule has 98 valence electrons. The number of hydrogen-bond acceptors (Lipinski definition) is 3. The molecule has 18 heavy (non-hydrogen) atoms. The van der Waals surface area contributed by atoms with Gasteiger partial charge in [0.1, 0.15) is 12.2 Å². The van der Waals surface area contributed by atoms with Crippen LogP contribution in [0.2, 0.25) is 0 Å². The molecule has 1 unspecified atom stereocenters. The lowest BCUT2D eigenvalue weighted by atomic mass is 9.88. The molecule has 0 saturated heterocycles. The van der Waals surface area contributed by atoms with Gasteiger partial charge in [-0.05, 0) is 24.3 Å². The standard InChI is InChI=1S/C14H19NO3/c1-18-9-13(16)15-10-14(17,12-7-8-12)11-5-3-2-4-6-11/h2-6,12,17H,7-10H2,1H3,(H,15,16). The minimum atomic E-state index is -0.954. The number of nitrogens with one attached hydrogen (secondary N) is 1. The first-order chi connectivity index (χ1) is 8.66. The molecule has 1 amide bonds. The van der Waals surface area contributed by atoms with Gasteiger partial charge in [0.2, 0.25) is 5.91 Å². The quantitative estimate of drug-likeness (QED) is 0.792. The average molecular weight is 249 g/mol. The predicted molar refractivity (Wildman–Crippen MR) is 67.9 cm³/mol. The van der Waals surface area contributed by atoms with Gasteiger partial charge in [0.15, 0.2) is 0 Å². The second-order valence-corrected chi connectivity index (χ2v) is 4.77. The molecule has 0 bridgehead atoms. The molecule has 0 heterocycles. The largest absolute Gasteiger partial charge is 0.383 e. The van der Waals surface area contributed by atoms with Crippen molar-refractivity contribution in [1.29, 1.82) is 0 Å². The Morgan fingerprint density at radius 1 is 1.44 bits per heavy atom. The summed E-state index contributed by atoms with van der Waals surface area (Å²) in [6, 6.07) is 9.53. The van der Waals surface area contributed by atoms with Gasteiger partial charge < -0.3 is 15.2 Å². The lowest BCUT2D eigenvalue weighted by molar-refractivity contribution is -0.126. The first-order valence-electron chi connectivity index (χ1n) is 6.20. The minimum Gasteiger partial charge on any atom is -0.383 e. The maximum atomic E-state index is 11.4. The van der Waals surface area contributed by atoms with Crippen molar-refractivity contribution in [1.82, 2.24) is 5.32 Å². The van der Waals surface area contributed by atoms with Crippen LogP contribution in [-0.4, -0.2) is 31.3 Å². The summed E-state index contributed by atoms with van der Waals surface area (Å²) in [6.45, 7) is 0.263. The molecule has 0 aliphatic heterocycles. The van der Waals surface area contributed by atoms with E-state index in [2.05, 4.69) is 5.32 Å². The molecule has 0 spiro atoms. The van der Waals surface area contributed by atoms with Crippen molar-refractivity contribution in [2.45, 2.75) is 18.4 Å². The number of ether oxygens (including phenoxy) is 1. The molecule has 1 fully saturated rings. The summed E-state index contributed by atoms with van der Waals surface area (Å²) in [5.41, 5.74) is -0.0878. The monoisotopic (exact) mass is 249 g/mol. The van der Waals surface area contributed by atoms with E-state index in [1.807, 2.05) is 30.3 Å². The van der Waals surface area contributed by atoms with Crippen molar-refractivity contribution in [2.75, 3.05) is 20.3 Å². The van der Waals surface area contributed by atoms with Crippen LogP contribution in [0.4, 0.5) is 0 Å². The number of amides is 1. The van der Waals surface area contributed by atoms with Crippen LogP contribution in [0, 0.1) is 5.92 Å². The lowest BCUT2D eigenvalue weighted by Crippen LogP contribution is -2.43. The van der Waals surface area contributed by atoms with E-state index in [0.717, 1.165) is 18.4 Å². The fourth-order valence-electron chi connectivity index (χ4n) is 2.19. The van der Waals surface area contributed by atoms with Gasteiger partial charge in [0.25, 0.3) is 0 Å². The molecule has 1 aliphatic carbocycles. The van der Waals surface area contributed by atoms with E-state index in [4.69, 9.17) is 4.74 Å². The first-order valence-corrected chi connectivity index (χ1v) is 6.20. The van der Waals surface area contributed by atoms with Crippen molar-refractivity contribution in [2.24, 2.45) is 5.92 Å². The Labute approximate surface area is 107 Å². The zero-order valence-corrected chi connectivity index (χ0v) is 10.6. The number of rotatable bonds is 6. The zero-order chi connectivity index (χ0) is 13.0. The van der Waals surface area contributed by atoms with Crippen LogP contribution >= 0.6 is 0 Å². The Balaban J connectivity index is 2.06. The van der Waals surface area contributed by atoms with Crippen LogP contribution in [0.1, 0.15) is 18.4 Å². The highest BCUT2D eigenvalue weighted by atomic mass is 16.5. The maximum Gasteiger partial charge on any atom is 0.246 e. The van der Waals surface area contributed by atoms with E-state index in [1.165, 1.54) is 7.11 Å². The van der Waals surface area contributed by atoms with E-state index < -0.39 is 5.60 Å². The molecule has 0 radical (unpaired) electrons. The number of benzene rings is 1. The summed E-state index contributed by atoms with van der Waals surface area (Å²) in [6.07, 6.45) is 2.01. The smallest absolute Gasteiger partial charge is 0.246 e. The van der Waals surface area contributed by atoms with Crippen LogP contribution in [0.5, 0.6) is 0 Å². The molecular formula is C14H19NO3. The van der Waals surface area contributed by atoms with Crippen LogP contribution in [0.25, 0.3) is 0 Å². The van der Waals surface area contributed by atoms with Gasteiger partial charge in [-0.3, -0.25) is 4.79 Å². The Hall–Kier alpha value is -1.39. The second-order valence-electron chi connectivity index (χ2n) is 4.77. The third-order valence-corrected chi connectivity index (χ3v) is 3.36. The summed E-state index contributed by atoms with van der Waals surface area (Å²) in [5.74, 6) is 0.0373. The van der Waals surface area contributed by atoms with Crippen LogP contribution in [0.15, 0.2) is 30.3 Å². The fraction of sp³-hybridized carbons (Fsp3) is 0.500. The minimum absolute atomic E-state index is 0.0233. The number of carbonyl (C=O) groups excluding carboxylic acids is 1. The van der Waals surface area contributed by atoms with E-state index >= 15 is 0 Å². The van der Waals surface area contributed by atoms with Gasteiger partial charge >= 0.3 is 0 Å². The van der Waals surface area contributed by atoms with E-state index in [1.54, 1.807) is 0 Å². The summed E-state index contributed by atoms with van der Waals surface area (Å²) < 4.78 is 4.76. The SMILES string of the molecule is COCC(=O)NCC(O)(c1ccccc1)C1CC1. The molecule has 1 aliphatic rings. The topological polar surface area (TPSA) is 58.6 Å². The average Bonchev–Trinajstić information content (AvgIpc) is 3.22. The highest BCUT2D eigenvalue weighted by Gasteiger charge is 2.45. The summed E-state index contributed by atoms with van der Waals surface area (Å²) in [5, 5.41) is 13.5. The molecule has 2 N–H and O–H groups in total. The third kappa shape index (κ3) is 2.89. The molecule has 2 rings (SSSR count). The molecule has 0 aromatic heterocycles. The normalized spacial score (nSPS) is 18.1. The Morgan fingerprint density at radius 2 is 2.11 bits per heavy atom. The molecule has 1 saturated carbocycles. The van der Waals surface area contributed by atoms with E-state index in [9.17, 15) is 9.90 Å². The molecule has 4 heteroatoms. The van der Waals surface area contributed by atoms with Crippen LogP contribution < -0.4 is 5.32 Å². The van der Waals surface area contributed by atoms with Crippen molar-refractivity contribution < 1.29 is 14.6 Å². The van der Waals surface area contributed by atoms with Gasteiger partial charge in [-0.25, -0.2) is 0 Å². The van der Waals surface area contributed by atoms with Gasteiger partial charge in [-0.1, -0.05) is 30.3 Å². The predicted octanol–water partition coefficient (Wildman–Crippen LogP) is 1.05. The number of hydrogen-bond donors (Lipinski definition) is 2. The molecule has 4 nitrogen and oxygen atoms in total. The van der Waals surface area contributed by atoms with Crippen molar-refractivity contribution >= 4 is 5.91 Å². The van der Waals surface area contributed by atoms with Gasteiger partial charge in [0, 0.05) is 7.11 Å². The summed E-state index contributed by atoms with van der Waals surface area (Å²) in [7, 11) is 1.48. The van der Waals surface area contributed by atoms with Crippen LogP contribution in [-0.2, 0) is 15.1 Å². The Bertz CT molecular complexity index is 403. The van der Waals surface area contributed by atoms with Gasteiger partial charge in [-0.2, -0.15) is 0 Å². The molecule has 1 atom stereocenters. The van der Waals surface area contributed by atoms with Crippen molar-refractivity contribution in [3.63, 3.8) is 0 Å². The first kappa shape index (κ1) is 13.1. The van der Waals surface area contributed by atoms with Crippen LogP contribution in [0.3, 0.4) is 0 Å². The highest BCUT2D eigenvalue weighted by Crippen LogP contribution is 2.45. The van der Waals surface area contributed by atoms with Gasteiger partial charge in [0.05, 0.1) is 6.54 Å². The molecular weight excluding hydrogens is 230 g/mol. The second kappa shape index (κ2) is 5.50. The zero-order valence-electron chi connectivity index (χ0n) is 10.6. The maximum absolute atomic E-state index is 11.4. The number of aliphatic hydroxyl groups is 1. The fourth-order valence-corrected chi connectivity index (χ4v) is 2.19. The van der Waals surface area contributed by atoms with Gasteiger partial charge in [-0.15, -0.1) is 0 Å².